The minimum Gasteiger partial charge on any atom is -0.463 e. The van der Waals surface area contributed by atoms with Crippen LogP contribution in [0.15, 0.2) is 40.2 Å². The van der Waals surface area contributed by atoms with Crippen LogP contribution >= 0.6 is 11.3 Å². The van der Waals surface area contributed by atoms with Gasteiger partial charge in [0.2, 0.25) is 5.95 Å². The van der Waals surface area contributed by atoms with Crippen LogP contribution in [0.1, 0.15) is 25.6 Å². The molecule has 1 aliphatic heterocycles. The van der Waals surface area contributed by atoms with Crippen molar-refractivity contribution in [3.63, 3.8) is 0 Å². The summed E-state index contributed by atoms with van der Waals surface area (Å²) >= 11 is 0.789. The molecule has 1 saturated heterocycles. The maximum absolute atomic E-state index is 13.1. The van der Waals surface area contributed by atoms with Crippen LogP contribution in [0.3, 0.4) is 0 Å². The van der Waals surface area contributed by atoms with Crippen molar-refractivity contribution in [1.82, 2.24) is 14.5 Å². The van der Waals surface area contributed by atoms with Crippen molar-refractivity contribution in [3.8, 4) is 0 Å². The summed E-state index contributed by atoms with van der Waals surface area (Å²) in [4.78, 5) is 43.6. The monoisotopic (exact) mass is 538 g/mol. The van der Waals surface area contributed by atoms with Crippen LogP contribution in [-0.2, 0) is 38.1 Å². The van der Waals surface area contributed by atoms with Crippen molar-refractivity contribution in [2.75, 3.05) is 12.3 Å². The van der Waals surface area contributed by atoms with Gasteiger partial charge in [-0.05, 0) is 19.1 Å². The van der Waals surface area contributed by atoms with E-state index >= 15 is 0 Å². The van der Waals surface area contributed by atoms with Crippen molar-refractivity contribution in [3.05, 3.63) is 45.7 Å². The maximum atomic E-state index is 13.1. The van der Waals surface area contributed by atoms with Gasteiger partial charge in [0.05, 0.1) is 15.8 Å². The van der Waals surface area contributed by atoms with E-state index in [2.05, 4.69) is 9.97 Å². The zero-order valence-electron chi connectivity index (χ0n) is 19.3. The quantitative estimate of drug-likeness (QED) is 0.332. The number of rotatable bonds is 7. The highest BCUT2D eigenvalue weighted by atomic mass is 32.2. The van der Waals surface area contributed by atoms with Gasteiger partial charge in [0.1, 0.15) is 18.8 Å². The number of fused-ring (bicyclic) bond motifs is 1. The number of carbonyl (C=O) groups excluding carboxylic acids is 2. The second-order valence-corrected chi connectivity index (χ2v) is 10.5. The van der Waals surface area contributed by atoms with Crippen LogP contribution in [0.25, 0.3) is 10.3 Å². The Hall–Kier alpha value is -3.40. The summed E-state index contributed by atoms with van der Waals surface area (Å²) in [6.45, 7) is 3.62. The smallest absolute Gasteiger partial charge is 0.311 e. The first kappa shape index (κ1) is 25.7. The molecule has 1 fully saturated rings. The lowest BCUT2D eigenvalue weighted by Crippen LogP contribution is -2.41. The molecule has 36 heavy (non-hydrogen) atoms. The van der Waals surface area contributed by atoms with E-state index in [1.807, 2.05) is 0 Å². The number of nitrogen functional groups attached to an aromatic ring is 1. The Labute approximate surface area is 208 Å². The summed E-state index contributed by atoms with van der Waals surface area (Å²) in [6.07, 6.45) is -4.17. The summed E-state index contributed by atoms with van der Waals surface area (Å²) in [5.41, 5.74) is 6.61. The van der Waals surface area contributed by atoms with Gasteiger partial charge in [0.15, 0.2) is 18.0 Å². The van der Waals surface area contributed by atoms with E-state index in [0.717, 1.165) is 35.3 Å². The largest absolute Gasteiger partial charge is 0.463 e. The van der Waals surface area contributed by atoms with E-state index in [9.17, 15) is 22.8 Å². The van der Waals surface area contributed by atoms with Crippen molar-refractivity contribution >= 4 is 49.7 Å². The number of anilines is 1. The molecule has 0 bridgehead atoms. The molecule has 0 radical (unpaired) electrons. The molecule has 3 aromatic rings. The molecule has 4 rings (SSSR count). The number of nitrogens with two attached hydrogens (primary N) is 1. The molecule has 192 valence electrons. The third-order valence-corrected chi connectivity index (χ3v) is 7.42. The number of ether oxygens (including phenoxy) is 3. The lowest BCUT2D eigenvalue weighted by molar-refractivity contribution is -0.155. The second-order valence-electron chi connectivity index (χ2n) is 7.92. The van der Waals surface area contributed by atoms with E-state index in [1.165, 1.54) is 18.3 Å². The van der Waals surface area contributed by atoms with Gasteiger partial charge in [-0.15, -0.1) is 0 Å². The number of hydrogen-bond acceptors (Lipinski definition) is 13. The number of aryl methyl sites for hydroxylation is 1. The van der Waals surface area contributed by atoms with E-state index in [-0.39, 0.29) is 16.5 Å². The van der Waals surface area contributed by atoms with E-state index in [1.54, 1.807) is 19.1 Å². The topological polar surface area (TPSA) is 179 Å². The molecular formula is C21H22N4O9S2. The minimum absolute atomic E-state index is 0.0907. The summed E-state index contributed by atoms with van der Waals surface area (Å²) < 4.78 is 49.5. The zero-order chi connectivity index (χ0) is 26.2. The third-order valence-electron chi connectivity index (χ3n) is 5.22. The van der Waals surface area contributed by atoms with Crippen LogP contribution in [0.4, 0.5) is 5.95 Å². The summed E-state index contributed by atoms with van der Waals surface area (Å²) in [5, 5.41) is 0. The Kier molecular flexibility index (Phi) is 7.08. The third kappa shape index (κ3) is 5.23. The number of hydrogen-bond donors (Lipinski definition) is 1. The van der Waals surface area contributed by atoms with Gasteiger partial charge in [-0.25, -0.2) is 4.98 Å². The van der Waals surface area contributed by atoms with Gasteiger partial charge >= 0.3 is 16.8 Å². The first-order valence-corrected chi connectivity index (χ1v) is 12.8. The van der Waals surface area contributed by atoms with E-state index in [0.29, 0.717) is 4.70 Å². The number of nitrogens with zero attached hydrogens (tertiary/aromatic N) is 3. The van der Waals surface area contributed by atoms with Crippen LogP contribution in [0.2, 0.25) is 0 Å². The minimum atomic E-state index is -4.39. The predicted octanol–water partition coefficient (Wildman–Crippen LogP) is 0.910. The van der Waals surface area contributed by atoms with Gasteiger partial charge in [0.25, 0.3) is 10.1 Å². The van der Waals surface area contributed by atoms with Gasteiger partial charge in [-0.2, -0.15) is 13.4 Å². The molecule has 4 atom stereocenters. The molecule has 2 aromatic heterocycles. The van der Waals surface area contributed by atoms with E-state index in [4.69, 9.17) is 24.1 Å². The SMILES string of the molecule is CC(=O)OC[C@H]1O[C@@H](n2c(=O)sc3cnc(N)nc32)[C@H](OC(C)=O)[C@H]1OS(=O)(=O)c1ccc(C)cc1. The molecule has 0 spiro atoms. The fourth-order valence-corrected chi connectivity index (χ4v) is 5.59. The highest BCUT2D eigenvalue weighted by molar-refractivity contribution is 7.86. The number of esters is 2. The summed E-state index contributed by atoms with van der Waals surface area (Å²) in [7, 11) is -4.39. The van der Waals surface area contributed by atoms with Crippen molar-refractivity contribution in [2.24, 2.45) is 0 Å². The van der Waals surface area contributed by atoms with Gasteiger partial charge in [-0.1, -0.05) is 29.0 Å². The summed E-state index contributed by atoms with van der Waals surface area (Å²) in [5.74, 6) is -1.57. The Morgan fingerprint density at radius 2 is 1.86 bits per heavy atom. The Bertz CT molecular complexity index is 1470. The number of thiazole rings is 1. The van der Waals surface area contributed by atoms with Crippen molar-refractivity contribution in [1.29, 1.82) is 0 Å². The molecule has 0 aliphatic carbocycles. The van der Waals surface area contributed by atoms with Crippen LogP contribution in [0, 0.1) is 6.92 Å². The Morgan fingerprint density at radius 3 is 2.50 bits per heavy atom. The average molecular weight is 539 g/mol. The first-order valence-electron chi connectivity index (χ1n) is 10.6. The molecule has 0 amide bonds. The Balaban J connectivity index is 1.80. The number of carbonyl (C=O) groups is 2. The molecule has 3 heterocycles. The number of aromatic nitrogens is 3. The molecule has 15 heteroatoms. The van der Waals surface area contributed by atoms with Gasteiger partial charge in [-0.3, -0.25) is 23.1 Å². The lowest BCUT2D eigenvalue weighted by Gasteiger charge is -2.23. The first-order chi connectivity index (χ1) is 17.0. The zero-order valence-corrected chi connectivity index (χ0v) is 20.9. The average Bonchev–Trinajstić information content (AvgIpc) is 3.27. The lowest BCUT2D eigenvalue weighted by atomic mass is 10.1. The standard InChI is InChI=1S/C21H22N4O9S2/c1-10-4-6-13(7-5-10)36(29,30)34-16-14(9-31-11(2)26)33-19(17(16)32-12(3)27)25-18-15(35-21(25)28)8-23-20(22)24-18/h4-8,14,16-17,19H,9H2,1-3H3,(H2,22,23,24)/t14-,16+,17-,19-/m1/s1. The van der Waals surface area contributed by atoms with Crippen molar-refractivity contribution in [2.45, 2.75) is 50.2 Å². The second kappa shape index (κ2) is 9.93. The fraction of sp³-hybridized carbons (Fsp3) is 0.381. The fourth-order valence-electron chi connectivity index (χ4n) is 3.66. The molecule has 2 N–H and O–H groups in total. The maximum Gasteiger partial charge on any atom is 0.311 e. The van der Waals surface area contributed by atoms with E-state index < -0.39 is 58.1 Å². The van der Waals surface area contributed by atoms with Gasteiger partial charge < -0.3 is 19.9 Å². The van der Waals surface area contributed by atoms with Crippen LogP contribution in [-0.4, -0.2) is 59.8 Å². The molecule has 1 aromatic carbocycles. The van der Waals surface area contributed by atoms with Crippen molar-refractivity contribution < 1.29 is 36.4 Å². The Morgan fingerprint density at radius 1 is 1.17 bits per heavy atom. The van der Waals surface area contributed by atoms with Crippen LogP contribution in [0.5, 0.6) is 0 Å². The molecular weight excluding hydrogens is 516 g/mol. The normalized spacial score (nSPS) is 22.0. The highest BCUT2D eigenvalue weighted by Crippen LogP contribution is 2.37. The molecule has 0 unspecified atom stereocenters. The predicted molar refractivity (Wildman–Crippen MR) is 125 cm³/mol. The molecule has 0 saturated carbocycles. The number of benzene rings is 1. The van der Waals surface area contributed by atoms with Crippen LogP contribution < -0.4 is 10.6 Å². The van der Waals surface area contributed by atoms with Gasteiger partial charge in [0, 0.05) is 13.8 Å². The summed E-state index contributed by atoms with van der Waals surface area (Å²) in [6, 6.07) is 5.89. The molecule has 1 aliphatic rings. The highest BCUT2D eigenvalue weighted by Gasteiger charge is 2.52. The molecule has 13 nitrogen and oxygen atoms in total.